The largest absolute Gasteiger partial charge is 0.464 e. The molecule has 0 aliphatic rings. The summed E-state index contributed by atoms with van der Waals surface area (Å²) in [5.41, 5.74) is 3.09. The van der Waals surface area contributed by atoms with Crippen LogP contribution in [0.1, 0.15) is 26.4 Å². The van der Waals surface area contributed by atoms with Crippen molar-refractivity contribution in [2.45, 2.75) is 6.54 Å². The summed E-state index contributed by atoms with van der Waals surface area (Å²) in [4.78, 5) is 43.5. The number of carbonyl (C=O) groups excluding carboxylic acids is 2. The zero-order valence-corrected chi connectivity index (χ0v) is 21.9. The fourth-order valence-electron chi connectivity index (χ4n) is 4.36. The number of benzene rings is 3. The lowest BCUT2D eigenvalue weighted by molar-refractivity contribution is 0.0588. The summed E-state index contributed by atoms with van der Waals surface area (Å²) < 4.78 is 7.38. The number of hydrogen-bond acceptors (Lipinski definition) is 5. The number of anilines is 1. The van der Waals surface area contributed by atoms with E-state index in [0.29, 0.717) is 27.6 Å². The van der Waals surface area contributed by atoms with E-state index in [1.807, 2.05) is 36.4 Å². The predicted molar refractivity (Wildman–Crippen MR) is 150 cm³/mol. The number of ether oxygens (including phenoxy) is 1. The van der Waals surface area contributed by atoms with E-state index in [1.54, 1.807) is 60.9 Å². The van der Waals surface area contributed by atoms with Crippen molar-refractivity contribution in [2.75, 3.05) is 12.4 Å². The topological polar surface area (TPSA) is 90.3 Å². The fourth-order valence-corrected chi connectivity index (χ4v) is 4.72. The van der Waals surface area contributed by atoms with Crippen LogP contribution in [0, 0.1) is 0 Å². The number of fused-ring (bicyclic) bond motifs is 1. The van der Waals surface area contributed by atoms with E-state index in [-0.39, 0.29) is 23.7 Å². The molecule has 0 spiro atoms. The van der Waals surface area contributed by atoms with Gasteiger partial charge in [0, 0.05) is 39.1 Å². The second-order valence-corrected chi connectivity index (χ2v) is 9.47. The molecule has 3 aromatic carbocycles. The van der Waals surface area contributed by atoms with Gasteiger partial charge in [0.25, 0.3) is 11.5 Å². The minimum Gasteiger partial charge on any atom is -0.464 e. The summed E-state index contributed by atoms with van der Waals surface area (Å²) in [5.74, 6) is -0.881. The van der Waals surface area contributed by atoms with Crippen molar-refractivity contribution >= 4 is 44.3 Å². The average molecular weight is 568 g/mol. The molecule has 0 aliphatic carbocycles. The number of rotatable bonds is 6. The van der Waals surface area contributed by atoms with Crippen LogP contribution in [0.15, 0.2) is 107 Å². The molecule has 0 radical (unpaired) electrons. The van der Waals surface area contributed by atoms with E-state index < -0.39 is 5.97 Å². The second kappa shape index (κ2) is 10.8. The molecule has 0 aliphatic heterocycles. The Morgan fingerprint density at radius 2 is 1.63 bits per heavy atom. The van der Waals surface area contributed by atoms with Gasteiger partial charge in [0.1, 0.15) is 5.69 Å². The molecule has 8 heteroatoms. The summed E-state index contributed by atoms with van der Waals surface area (Å²) in [7, 11) is 1.30. The molecule has 38 heavy (non-hydrogen) atoms. The molecular formula is C30H22BrN3O4. The number of amides is 1. The SMILES string of the molecule is COC(=O)c1c(-c2ccccc2)c2cc(Br)ccc2c(=O)n1Cc1ccc(C(=O)Nc2ccncc2)cc1. The Labute approximate surface area is 226 Å². The smallest absolute Gasteiger partial charge is 0.355 e. The number of carbonyl (C=O) groups is 2. The van der Waals surface area contributed by atoms with E-state index in [9.17, 15) is 14.4 Å². The third kappa shape index (κ3) is 4.99. The highest BCUT2D eigenvalue weighted by atomic mass is 79.9. The summed E-state index contributed by atoms with van der Waals surface area (Å²) in [6.07, 6.45) is 3.20. The summed E-state index contributed by atoms with van der Waals surface area (Å²) >= 11 is 3.49. The van der Waals surface area contributed by atoms with Crippen molar-refractivity contribution in [2.24, 2.45) is 0 Å². The highest BCUT2D eigenvalue weighted by molar-refractivity contribution is 9.10. The van der Waals surface area contributed by atoms with E-state index in [0.717, 1.165) is 15.6 Å². The van der Waals surface area contributed by atoms with Crippen LogP contribution >= 0.6 is 15.9 Å². The Balaban J connectivity index is 1.60. The van der Waals surface area contributed by atoms with Gasteiger partial charge in [-0.2, -0.15) is 0 Å². The Kier molecular flexibility index (Phi) is 7.15. The first kappa shape index (κ1) is 25.1. The molecule has 7 nitrogen and oxygen atoms in total. The van der Waals surface area contributed by atoms with Crippen LogP contribution in [0.25, 0.3) is 21.9 Å². The number of methoxy groups -OCH3 is 1. The van der Waals surface area contributed by atoms with Crippen molar-refractivity contribution in [3.63, 3.8) is 0 Å². The third-order valence-corrected chi connectivity index (χ3v) is 6.66. The molecule has 0 unspecified atom stereocenters. The lowest BCUT2D eigenvalue weighted by atomic mass is 9.96. The van der Waals surface area contributed by atoms with Crippen molar-refractivity contribution in [1.29, 1.82) is 0 Å². The Morgan fingerprint density at radius 3 is 2.32 bits per heavy atom. The predicted octanol–water partition coefficient (Wildman–Crippen LogP) is 5.91. The average Bonchev–Trinajstić information content (AvgIpc) is 2.95. The molecule has 0 bridgehead atoms. The molecule has 0 fully saturated rings. The molecule has 5 aromatic rings. The number of nitrogens with zero attached hydrogens (tertiary/aromatic N) is 2. The van der Waals surface area contributed by atoms with Crippen molar-refractivity contribution in [3.05, 3.63) is 129 Å². The number of hydrogen-bond donors (Lipinski definition) is 1. The maximum absolute atomic E-state index is 13.7. The first-order valence-corrected chi connectivity index (χ1v) is 12.6. The minimum atomic E-state index is -0.615. The van der Waals surface area contributed by atoms with Gasteiger partial charge in [-0.05, 0) is 59.0 Å². The third-order valence-electron chi connectivity index (χ3n) is 6.17. The molecule has 0 saturated carbocycles. The first-order valence-electron chi connectivity index (χ1n) is 11.8. The minimum absolute atomic E-state index is 0.112. The van der Waals surface area contributed by atoms with Gasteiger partial charge in [0.15, 0.2) is 0 Å². The van der Waals surface area contributed by atoms with Crippen LogP contribution in [0.2, 0.25) is 0 Å². The molecule has 2 aromatic heterocycles. The summed E-state index contributed by atoms with van der Waals surface area (Å²) in [5, 5.41) is 3.95. The Morgan fingerprint density at radius 1 is 0.921 bits per heavy atom. The van der Waals surface area contributed by atoms with Crippen LogP contribution < -0.4 is 10.9 Å². The van der Waals surface area contributed by atoms with Crippen LogP contribution in [0.4, 0.5) is 5.69 Å². The van der Waals surface area contributed by atoms with Crippen LogP contribution in [-0.4, -0.2) is 28.5 Å². The lowest BCUT2D eigenvalue weighted by Crippen LogP contribution is -2.28. The van der Waals surface area contributed by atoms with Crippen LogP contribution in [-0.2, 0) is 11.3 Å². The van der Waals surface area contributed by atoms with Gasteiger partial charge < -0.3 is 10.1 Å². The van der Waals surface area contributed by atoms with Gasteiger partial charge in [0.2, 0.25) is 0 Å². The molecule has 188 valence electrons. The fraction of sp³-hybridized carbons (Fsp3) is 0.0667. The molecule has 2 heterocycles. The second-order valence-electron chi connectivity index (χ2n) is 8.55. The number of halogens is 1. The van der Waals surface area contributed by atoms with E-state index in [2.05, 4.69) is 26.2 Å². The Hall–Kier alpha value is -4.56. The van der Waals surface area contributed by atoms with Gasteiger partial charge >= 0.3 is 5.97 Å². The normalized spacial score (nSPS) is 10.8. The van der Waals surface area contributed by atoms with Gasteiger partial charge in [-0.15, -0.1) is 0 Å². The van der Waals surface area contributed by atoms with Gasteiger partial charge in [-0.25, -0.2) is 4.79 Å². The number of pyridine rings is 2. The van der Waals surface area contributed by atoms with E-state index >= 15 is 0 Å². The first-order chi connectivity index (χ1) is 18.5. The number of nitrogens with one attached hydrogen (secondary N) is 1. The zero-order chi connectivity index (χ0) is 26.6. The summed E-state index contributed by atoms with van der Waals surface area (Å²) in [6, 6.07) is 25.1. The van der Waals surface area contributed by atoms with Gasteiger partial charge in [0.05, 0.1) is 13.7 Å². The molecule has 0 saturated heterocycles. The number of aromatic nitrogens is 2. The quantitative estimate of drug-likeness (QED) is 0.257. The maximum Gasteiger partial charge on any atom is 0.355 e. The van der Waals surface area contributed by atoms with Crippen LogP contribution in [0.3, 0.4) is 0 Å². The highest BCUT2D eigenvalue weighted by Gasteiger charge is 2.24. The van der Waals surface area contributed by atoms with Crippen molar-refractivity contribution in [3.8, 4) is 11.1 Å². The van der Waals surface area contributed by atoms with E-state index in [4.69, 9.17) is 4.74 Å². The number of esters is 1. The molecule has 1 N–H and O–H groups in total. The summed E-state index contributed by atoms with van der Waals surface area (Å²) in [6.45, 7) is 0.112. The molecule has 0 atom stereocenters. The lowest BCUT2D eigenvalue weighted by Gasteiger charge is -2.19. The highest BCUT2D eigenvalue weighted by Crippen LogP contribution is 2.33. The maximum atomic E-state index is 13.7. The molecule has 1 amide bonds. The van der Waals surface area contributed by atoms with Crippen molar-refractivity contribution in [1.82, 2.24) is 9.55 Å². The zero-order valence-electron chi connectivity index (χ0n) is 20.4. The van der Waals surface area contributed by atoms with Gasteiger partial charge in [-0.3, -0.25) is 19.1 Å². The van der Waals surface area contributed by atoms with Gasteiger partial charge in [-0.1, -0.05) is 58.4 Å². The van der Waals surface area contributed by atoms with Crippen LogP contribution in [0.5, 0.6) is 0 Å². The molecular weight excluding hydrogens is 546 g/mol. The standard InChI is InChI=1S/C30H22BrN3O4/c1-38-30(37)27-26(20-5-3-2-4-6-20)25-17-22(31)11-12-24(25)29(36)34(27)18-19-7-9-21(10-8-19)28(35)33-23-13-15-32-16-14-23/h2-17H,18H2,1H3,(H,32,33,35). The monoisotopic (exact) mass is 567 g/mol. The Bertz CT molecular complexity index is 1700. The van der Waals surface area contributed by atoms with Crippen molar-refractivity contribution < 1.29 is 14.3 Å². The van der Waals surface area contributed by atoms with E-state index in [1.165, 1.54) is 11.7 Å². The molecule has 5 rings (SSSR count).